The first kappa shape index (κ1) is 12.0. The first-order valence-electron chi connectivity index (χ1n) is 6.22. The van der Waals surface area contributed by atoms with Gasteiger partial charge in [-0.1, -0.05) is 18.2 Å². The van der Waals surface area contributed by atoms with Crippen molar-refractivity contribution in [3.05, 3.63) is 53.5 Å². The Morgan fingerprint density at radius 2 is 2.05 bits per heavy atom. The molecule has 0 spiro atoms. The van der Waals surface area contributed by atoms with Crippen molar-refractivity contribution in [2.45, 2.75) is 13.5 Å². The molecule has 3 rings (SSSR count). The Morgan fingerprint density at radius 3 is 2.79 bits per heavy atom. The second-order valence-corrected chi connectivity index (χ2v) is 5.21. The van der Waals surface area contributed by atoms with Crippen LogP contribution in [0.2, 0.25) is 0 Å². The standard InChI is InChI=1S/C15H14N2OS/c1-2-17-12-8-9-19-14(12)10-13(17)15(18)16-11-6-4-3-5-7-11/h3-10H,2H2,1H3,(H,16,18). The maximum Gasteiger partial charge on any atom is 0.272 e. The molecule has 0 radical (unpaired) electrons. The van der Waals surface area contributed by atoms with Crippen molar-refractivity contribution in [3.63, 3.8) is 0 Å². The fraction of sp³-hybridized carbons (Fsp3) is 0.133. The Hall–Kier alpha value is -2.07. The van der Waals surface area contributed by atoms with Crippen LogP contribution in [0.1, 0.15) is 17.4 Å². The molecule has 4 heteroatoms. The zero-order valence-corrected chi connectivity index (χ0v) is 11.4. The summed E-state index contributed by atoms with van der Waals surface area (Å²) in [5.74, 6) is -0.0588. The number of aryl methyl sites for hydroxylation is 1. The van der Waals surface area contributed by atoms with Crippen molar-refractivity contribution in [3.8, 4) is 0 Å². The Kier molecular flexibility index (Phi) is 3.09. The van der Waals surface area contributed by atoms with Crippen LogP contribution in [0.25, 0.3) is 10.2 Å². The predicted octanol–water partition coefficient (Wildman–Crippen LogP) is 3.98. The van der Waals surface area contributed by atoms with Crippen molar-refractivity contribution in [1.82, 2.24) is 4.57 Å². The topological polar surface area (TPSA) is 34.0 Å². The van der Waals surface area contributed by atoms with Crippen molar-refractivity contribution in [1.29, 1.82) is 0 Å². The van der Waals surface area contributed by atoms with Gasteiger partial charge < -0.3 is 9.88 Å². The molecule has 0 aliphatic carbocycles. The minimum Gasteiger partial charge on any atom is -0.336 e. The minimum absolute atomic E-state index is 0.0588. The van der Waals surface area contributed by atoms with Gasteiger partial charge in [0.05, 0.1) is 10.2 Å². The number of para-hydroxylation sites is 1. The van der Waals surface area contributed by atoms with E-state index in [2.05, 4.69) is 23.7 Å². The first-order valence-corrected chi connectivity index (χ1v) is 7.10. The maximum atomic E-state index is 12.3. The molecule has 0 bridgehead atoms. The SMILES string of the molecule is CCn1c(C(=O)Nc2ccccc2)cc2sccc21. The quantitative estimate of drug-likeness (QED) is 0.767. The summed E-state index contributed by atoms with van der Waals surface area (Å²) in [6.07, 6.45) is 0. The lowest BCUT2D eigenvalue weighted by molar-refractivity contribution is 0.101. The largest absolute Gasteiger partial charge is 0.336 e. The summed E-state index contributed by atoms with van der Waals surface area (Å²) in [5.41, 5.74) is 2.67. The number of thiophene rings is 1. The molecule has 19 heavy (non-hydrogen) atoms. The van der Waals surface area contributed by atoms with Gasteiger partial charge in [-0.3, -0.25) is 4.79 Å². The van der Waals surface area contributed by atoms with Crippen LogP contribution >= 0.6 is 11.3 Å². The molecule has 2 aromatic heterocycles. The molecule has 0 aliphatic heterocycles. The van der Waals surface area contributed by atoms with E-state index in [1.54, 1.807) is 11.3 Å². The fourth-order valence-electron chi connectivity index (χ4n) is 2.22. The Morgan fingerprint density at radius 1 is 1.26 bits per heavy atom. The number of fused-ring (bicyclic) bond motifs is 1. The van der Waals surface area contributed by atoms with Gasteiger partial charge in [0.15, 0.2) is 0 Å². The number of benzene rings is 1. The van der Waals surface area contributed by atoms with E-state index in [4.69, 9.17) is 0 Å². The van der Waals surface area contributed by atoms with Crippen molar-refractivity contribution >= 4 is 33.1 Å². The number of aromatic nitrogens is 1. The molecule has 0 saturated heterocycles. The van der Waals surface area contributed by atoms with Crippen LogP contribution in [0, 0.1) is 0 Å². The highest BCUT2D eigenvalue weighted by molar-refractivity contribution is 7.17. The monoisotopic (exact) mass is 270 g/mol. The van der Waals surface area contributed by atoms with Crippen LogP contribution in [-0.4, -0.2) is 10.5 Å². The van der Waals surface area contributed by atoms with Crippen LogP contribution in [0.15, 0.2) is 47.8 Å². The molecule has 0 atom stereocenters. The summed E-state index contributed by atoms with van der Waals surface area (Å²) >= 11 is 1.66. The lowest BCUT2D eigenvalue weighted by Gasteiger charge is -2.08. The van der Waals surface area contributed by atoms with Gasteiger partial charge in [0.25, 0.3) is 5.91 Å². The van der Waals surface area contributed by atoms with Crippen LogP contribution in [0.3, 0.4) is 0 Å². The molecule has 0 unspecified atom stereocenters. The van der Waals surface area contributed by atoms with E-state index >= 15 is 0 Å². The first-order chi connectivity index (χ1) is 9.29. The van der Waals surface area contributed by atoms with Gasteiger partial charge in [0.2, 0.25) is 0 Å². The molecule has 2 heterocycles. The Labute approximate surface area is 115 Å². The van der Waals surface area contributed by atoms with Gasteiger partial charge in [-0.2, -0.15) is 0 Å². The van der Waals surface area contributed by atoms with E-state index < -0.39 is 0 Å². The fourth-order valence-corrected chi connectivity index (χ4v) is 3.04. The smallest absolute Gasteiger partial charge is 0.272 e. The molecule has 3 aromatic rings. The minimum atomic E-state index is -0.0588. The number of carbonyl (C=O) groups is 1. The summed E-state index contributed by atoms with van der Waals surface area (Å²) < 4.78 is 3.20. The average Bonchev–Trinajstić information content (AvgIpc) is 2.99. The molecule has 1 N–H and O–H groups in total. The van der Waals surface area contributed by atoms with Crippen LogP contribution in [-0.2, 0) is 6.54 Å². The highest BCUT2D eigenvalue weighted by atomic mass is 32.1. The Bertz CT molecular complexity index is 712. The summed E-state index contributed by atoms with van der Waals surface area (Å²) in [4.78, 5) is 12.3. The van der Waals surface area contributed by atoms with Gasteiger partial charge in [0.1, 0.15) is 5.69 Å². The number of amides is 1. The number of nitrogens with one attached hydrogen (secondary N) is 1. The second kappa shape index (κ2) is 4.90. The van der Waals surface area contributed by atoms with Gasteiger partial charge in [-0.15, -0.1) is 11.3 Å². The number of rotatable bonds is 3. The van der Waals surface area contributed by atoms with Crippen LogP contribution in [0.4, 0.5) is 5.69 Å². The number of hydrogen-bond donors (Lipinski definition) is 1. The molecule has 1 amide bonds. The Balaban J connectivity index is 1.95. The number of nitrogens with zero attached hydrogens (tertiary/aromatic N) is 1. The van der Waals surface area contributed by atoms with E-state index in [0.29, 0.717) is 5.69 Å². The lowest BCUT2D eigenvalue weighted by Crippen LogP contribution is -2.16. The molecule has 1 aromatic carbocycles. The third-order valence-electron chi connectivity index (χ3n) is 3.10. The van der Waals surface area contributed by atoms with Crippen LogP contribution in [0.5, 0.6) is 0 Å². The molecule has 0 fully saturated rings. The van der Waals surface area contributed by atoms with Gasteiger partial charge in [0, 0.05) is 12.2 Å². The van der Waals surface area contributed by atoms with E-state index in [1.807, 2.05) is 41.0 Å². The average molecular weight is 270 g/mol. The summed E-state index contributed by atoms with van der Waals surface area (Å²) in [6, 6.07) is 13.5. The van der Waals surface area contributed by atoms with E-state index in [0.717, 1.165) is 22.4 Å². The second-order valence-electron chi connectivity index (χ2n) is 4.26. The van der Waals surface area contributed by atoms with Gasteiger partial charge >= 0.3 is 0 Å². The summed E-state index contributed by atoms with van der Waals surface area (Å²) in [5, 5.41) is 4.98. The summed E-state index contributed by atoms with van der Waals surface area (Å²) in [6.45, 7) is 2.84. The molecule has 0 aliphatic rings. The van der Waals surface area contributed by atoms with Crippen molar-refractivity contribution in [2.24, 2.45) is 0 Å². The molecule has 0 saturated carbocycles. The lowest BCUT2D eigenvalue weighted by atomic mass is 10.3. The highest BCUT2D eigenvalue weighted by Crippen LogP contribution is 2.25. The van der Waals surface area contributed by atoms with E-state index in [-0.39, 0.29) is 5.91 Å². The predicted molar refractivity (Wildman–Crippen MR) is 79.9 cm³/mol. The third-order valence-corrected chi connectivity index (χ3v) is 3.96. The molecule has 96 valence electrons. The molecule has 3 nitrogen and oxygen atoms in total. The van der Waals surface area contributed by atoms with Crippen LogP contribution < -0.4 is 5.32 Å². The van der Waals surface area contributed by atoms with E-state index in [1.165, 1.54) is 0 Å². The molecular formula is C15H14N2OS. The third kappa shape index (κ3) is 2.15. The zero-order chi connectivity index (χ0) is 13.2. The van der Waals surface area contributed by atoms with E-state index in [9.17, 15) is 4.79 Å². The highest BCUT2D eigenvalue weighted by Gasteiger charge is 2.15. The van der Waals surface area contributed by atoms with Gasteiger partial charge in [-0.05, 0) is 36.6 Å². The van der Waals surface area contributed by atoms with Crippen molar-refractivity contribution in [2.75, 3.05) is 5.32 Å². The number of hydrogen-bond acceptors (Lipinski definition) is 2. The number of anilines is 1. The van der Waals surface area contributed by atoms with Crippen molar-refractivity contribution < 1.29 is 4.79 Å². The molecular weight excluding hydrogens is 256 g/mol. The normalized spacial score (nSPS) is 10.8. The zero-order valence-electron chi connectivity index (χ0n) is 10.6. The van der Waals surface area contributed by atoms with Gasteiger partial charge in [-0.25, -0.2) is 0 Å². The maximum absolute atomic E-state index is 12.3. The number of carbonyl (C=O) groups excluding carboxylic acids is 1. The summed E-state index contributed by atoms with van der Waals surface area (Å²) in [7, 11) is 0.